The highest BCUT2D eigenvalue weighted by Gasteiger charge is 2.37. The summed E-state index contributed by atoms with van der Waals surface area (Å²) in [5, 5.41) is 12.4. The molecule has 2 heterocycles. The van der Waals surface area contributed by atoms with Crippen LogP contribution >= 0.6 is 0 Å². The number of carbonyl (C=O) groups excluding carboxylic acids is 2. The van der Waals surface area contributed by atoms with Gasteiger partial charge in [0.05, 0.1) is 24.1 Å². The van der Waals surface area contributed by atoms with Gasteiger partial charge in [-0.3, -0.25) is 4.79 Å². The smallest absolute Gasteiger partial charge is 0.407 e. The molecule has 3 aromatic rings. The molecule has 0 bridgehead atoms. The van der Waals surface area contributed by atoms with Gasteiger partial charge in [-0.25, -0.2) is 14.6 Å². The molecule has 1 saturated heterocycles. The number of amides is 3. The maximum absolute atomic E-state index is 14.3. The van der Waals surface area contributed by atoms with E-state index in [0.29, 0.717) is 24.4 Å². The lowest BCUT2D eigenvalue weighted by Gasteiger charge is -2.40. The molecule has 1 aliphatic heterocycles. The van der Waals surface area contributed by atoms with Gasteiger partial charge in [-0.05, 0) is 38.2 Å². The lowest BCUT2D eigenvalue weighted by atomic mass is 9.91. The average molecular weight is 560 g/mol. The van der Waals surface area contributed by atoms with Gasteiger partial charge in [0.1, 0.15) is 6.10 Å². The first-order chi connectivity index (χ1) is 20.0. The first kappa shape index (κ1) is 28.2. The molecule has 2 aromatic carbocycles. The lowest BCUT2D eigenvalue weighted by molar-refractivity contribution is 0.0416. The zero-order chi connectivity index (χ0) is 28.8. The second-order valence-corrected chi connectivity index (χ2v) is 10.6. The Morgan fingerprint density at radius 2 is 1.71 bits per heavy atom. The topological polar surface area (TPSA) is 117 Å². The third-order valence-corrected chi connectivity index (χ3v) is 7.98. The number of nitrogens with one attached hydrogen (secondary N) is 1. The summed E-state index contributed by atoms with van der Waals surface area (Å²) >= 11 is 0. The molecule has 1 saturated carbocycles. The molecule has 3 atom stereocenters. The van der Waals surface area contributed by atoms with Crippen LogP contribution in [0.25, 0.3) is 11.3 Å². The number of aromatic nitrogens is 2. The Bertz CT molecular complexity index is 1350. The highest BCUT2D eigenvalue weighted by atomic mass is 16.6. The number of ether oxygens (including phenoxy) is 1. The number of carbonyl (C=O) groups is 3. The maximum atomic E-state index is 14.3. The van der Waals surface area contributed by atoms with Gasteiger partial charge >= 0.3 is 12.2 Å². The molecule has 1 aromatic heterocycles. The minimum atomic E-state index is -0.986. The number of imidazole rings is 1. The van der Waals surface area contributed by atoms with Crippen LogP contribution in [0.15, 0.2) is 67.0 Å². The number of benzene rings is 2. The minimum Gasteiger partial charge on any atom is -0.465 e. The Hall–Kier alpha value is -4.34. The molecular formula is C31H37N5O5. The van der Waals surface area contributed by atoms with Gasteiger partial charge in [0.15, 0.2) is 5.69 Å². The Kier molecular flexibility index (Phi) is 8.86. The van der Waals surface area contributed by atoms with Crippen LogP contribution in [-0.2, 0) is 11.2 Å². The summed E-state index contributed by atoms with van der Waals surface area (Å²) in [5.41, 5.74) is 2.88. The molecule has 1 aliphatic carbocycles. The van der Waals surface area contributed by atoms with E-state index in [4.69, 9.17) is 4.74 Å². The van der Waals surface area contributed by atoms with Crippen LogP contribution in [0.3, 0.4) is 0 Å². The van der Waals surface area contributed by atoms with Gasteiger partial charge in [0, 0.05) is 31.7 Å². The third-order valence-electron chi connectivity index (χ3n) is 7.98. The lowest BCUT2D eigenvalue weighted by Crippen LogP contribution is -2.57. The molecule has 2 N–H and O–H groups in total. The molecule has 0 unspecified atom stereocenters. The Morgan fingerprint density at radius 3 is 2.41 bits per heavy atom. The number of nitrogens with zero attached hydrogens (tertiary/aromatic N) is 4. The van der Waals surface area contributed by atoms with E-state index in [2.05, 4.69) is 10.3 Å². The van der Waals surface area contributed by atoms with Gasteiger partial charge in [-0.2, -0.15) is 0 Å². The van der Waals surface area contributed by atoms with Crippen molar-refractivity contribution in [3.63, 3.8) is 0 Å². The first-order valence-corrected chi connectivity index (χ1v) is 14.4. The normalized spacial score (nSPS) is 20.9. The molecule has 41 heavy (non-hydrogen) atoms. The van der Waals surface area contributed by atoms with Gasteiger partial charge in [0.2, 0.25) is 0 Å². The van der Waals surface area contributed by atoms with Gasteiger partial charge in [0.25, 0.3) is 5.91 Å². The van der Waals surface area contributed by atoms with Crippen LogP contribution in [0.4, 0.5) is 9.59 Å². The quantitative estimate of drug-likeness (QED) is 0.428. The summed E-state index contributed by atoms with van der Waals surface area (Å²) < 4.78 is 7.84. The second kappa shape index (κ2) is 12.9. The van der Waals surface area contributed by atoms with Gasteiger partial charge < -0.3 is 29.5 Å². The molecule has 10 nitrogen and oxygen atoms in total. The van der Waals surface area contributed by atoms with Crippen molar-refractivity contribution < 1.29 is 24.2 Å². The first-order valence-electron chi connectivity index (χ1n) is 14.4. The molecule has 5 rings (SSSR count). The summed E-state index contributed by atoms with van der Waals surface area (Å²) in [6, 6.07) is 19.0. The summed E-state index contributed by atoms with van der Waals surface area (Å²) in [7, 11) is 0. The molecule has 10 heteroatoms. The van der Waals surface area contributed by atoms with Crippen molar-refractivity contribution in [3.05, 3.63) is 78.2 Å². The average Bonchev–Trinajstić information content (AvgIpc) is 3.43. The molecule has 0 radical (unpaired) electrons. The number of hydrogen-bond donors (Lipinski definition) is 2. The van der Waals surface area contributed by atoms with Crippen LogP contribution in [0.1, 0.15) is 54.7 Å². The molecule has 3 amide bonds. The predicted octanol–water partition coefficient (Wildman–Crippen LogP) is 4.83. The van der Waals surface area contributed by atoms with Crippen LogP contribution in [-0.4, -0.2) is 80.9 Å². The highest BCUT2D eigenvalue weighted by Crippen LogP contribution is 2.36. The Balaban J connectivity index is 1.50. The van der Waals surface area contributed by atoms with Crippen molar-refractivity contribution >= 4 is 18.1 Å². The molecule has 2 fully saturated rings. The van der Waals surface area contributed by atoms with Gasteiger partial charge in [-0.15, -0.1) is 0 Å². The predicted molar refractivity (Wildman–Crippen MR) is 154 cm³/mol. The van der Waals surface area contributed by atoms with Gasteiger partial charge in [-0.1, -0.05) is 67.1 Å². The van der Waals surface area contributed by atoms with E-state index in [1.807, 2.05) is 72.2 Å². The van der Waals surface area contributed by atoms with Crippen molar-refractivity contribution in [3.8, 4) is 11.3 Å². The fourth-order valence-electron chi connectivity index (χ4n) is 6.00. The summed E-state index contributed by atoms with van der Waals surface area (Å²) in [6.07, 6.45) is 3.90. The summed E-state index contributed by atoms with van der Waals surface area (Å²) in [5.74, 6) is -0.231. The van der Waals surface area contributed by atoms with Crippen molar-refractivity contribution in [1.82, 2.24) is 24.7 Å². The van der Waals surface area contributed by atoms with E-state index in [-0.39, 0.29) is 43.7 Å². The highest BCUT2D eigenvalue weighted by molar-refractivity contribution is 5.98. The van der Waals surface area contributed by atoms with Crippen molar-refractivity contribution in [2.45, 2.75) is 57.2 Å². The molecular weight excluding hydrogens is 522 g/mol. The Labute approximate surface area is 239 Å². The number of hydrogen-bond acceptors (Lipinski definition) is 5. The number of alkyl carbamates (subject to hydrolysis) is 1. The van der Waals surface area contributed by atoms with Crippen molar-refractivity contribution in [1.29, 1.82) is 0 Å². The van der Waals surface area contributed by atoms with E-state index in [1.165, 1.54) is 4.90 Å². The largest absolute Gasteiger partial charge is 0.465 e. The SMILES string of the molecule is CCNC(=O)O[C@H]1CCCC[C@@H]1n1cnc(C(=O)N2CCN(C(=O)O)C[C@H]2Cc2ccccc2)c1-c1ccccc1. The van der Waals surface area contributed by atoms with Crippen LogP contribution in [0.5, 0.6) is 0 Å². The van der Waals surface area contributed by atoms with E-state index in [1.54, 1.807) is 11.2 Å². The number of carboxylic acid groups (broad SMARTS) is 1. The molecule has 0 spiro atoms. The van der Waals surface area contributed by atoms with E-state index < -0.39 is 12.2 Å². The number of rotatable bonds is 7. The van der Waals surface area contributed by atoms with E-state index >= 15 is 0 Å². The zero-order valence-corrected chi connectivity index (χ0v) is 23.3. The van der Waals surface area contributed by atoms with Crippen LogP contribution in [0, 0.1) is 0 Å². The summed E-state index contributed by atoms with van der Waals surface area (Å²) in [6.45, 7) is 3.06. The van der Waals surface area contributed by atoms with Crippen LogP contribution in [0.2, 0.25) is 0 Å². The van der Waals surface area contributed by atoms with E-state index in [0.717, 1.165) is 36.8 Å². The maximum Gasteiger partial charge on any atom is 0.407 e. The van der Waals surface area contributed by atoms with Crippen molar-refractivity contribution in [2.24, 2.45) is 0 Å². The summed E-state index contributed by atoms with van der Waals surface area (Å²) in [4.78, 5) is 46.3. The fourth-order valence-corrected chi connectivity index (χ4v) is 6.00. The Morgan fingerprint density at radius 1 is 1.00 bits per heavy atom. The molecule has 216 valence electrons. The molecule has 2 aliphatic rings. The van der Waals surface area contributed by atoms with Crippen LogP contribution < -0.4 is 5.32 Å². The zero-order valence-electron chi connectivity index (χ0n) is 23.3. The second-order valence-electron chi connectivity index (χ2n) is 10.6. The fraction of sp³-hybridized carbons (Fsp3) is 0.419. The monoisotopic (exact) mass is 559 g/mol. The minimum absolute atomic E-state index is 0.167. The third kappa shape index (κ3) is 6.37. The van der Waals surface area contributed by atoms with Crippen molar-refractivity contribution in [2.75, 3.05) is 26.2 Å². The van der Waals surface area contributed by atoms with E-state index in [9.17, 15) is 19.5 Å². The number of piperazine rings is 1. The standard InChI is InChI=1S/C31H37N5O5/c1-2-32-30(38)41-26-16-10-9-15-25(26)36-21-33-27(28(36)23-13-7-4-8-14-23)29(37)35-18-17-34(31(39)40)20-24(35)19-22-11-5-3-6-12-22/h3-8,11-14,21,24-26H,2,9-10,15-20H2,1H3,(H,32,38)(H,39,40)/t24-,25+,26+/m1/s1.